The lowest BCUT2D eigenvalue weighted by atomic mass is 10.1. The number of hydrogen-bond donors (Lipinski definition) is 2. The minimum Gasteiger partial charge on any atom is -0.389 e. The SMILES string of the molecule is CC(CCN(C)C)NS(=O)(=O)c1ccc(C(C)O)cc1. The summed E-state index contributed by atoms with van der Waals surface area (Å²) >= 11 is 0. The Bertz CT molecular complexity index is 510. The van der Waals surface area contributed by atoms with Crippen molar-refractivity contribution in [3.05, 3.63) is 29.8 Å². The number of sulfonamides is 1. The van der Waals surface area contributed by atoms with Crippen LogP contribution in [0.3, 0.4) is 0 Å². The van der Waals surface area contributed by atoms with Crippen LogP contribution < -0.4 is 4.72 Å². The van der Waals surface area contributed by atoms with Gasteiger partial charge in [0, 0.05) is 6.04 Å². The molecule has 0 amide bonds. The van der Waals surface area contributed by atoms with Crippen LogP contribution in [0.5, 0.6) is 0 Å². The number of rotatable bonds is 7. The lowest BCUT2D eigenvalue weighted by molar-refractivity contribution is 0.199. The molecule has 20 heavy (non-hydrogen) atoms. The fourth-order valence-corrected chi connectivity index (χ4v) is 3.05. The van der Waals surface area contributed by atoms with Crippen LogP contribution in [-0.2, 0) is 10.0 Å². The van der Waals surface area contributed by atoms with Gasteiger partial charge in [0.2, 0.25) is 10.0 Å². The van der Waals surface area contributed by atoms with Gasteiger partial charge in [0.25, 0.3) is 0 Å². The summed E-state index contributed by atoms with van der Waals surface area (Å²) < 4.78 is 27.0. The second-order valence-corrected chi connectivity index (χ2v) is 7.07. The molecule has 0 bridgehead atoms. The first kappa shape index (κ1) is 17.1. The van der Waals surface area contributed by atoms with E-state index in [1.165, 1.54) is 12.1 Å². The average Bonchev–Trinajstić information content (AvgIpc) is 2.36. The second kappa shape index (κ2) is 7.17. The van der Waals surface area contributed by atoms with Gasteiger partial charge < -0.3 is 10.0 Å². The van der Waals surface area contributed by atoms with Crippen molar-refractivity contribution in [2.75, 3.05) is 20.6 Å². The van der Waals surface area contributed by atoms with Gasteiger partial charge in [-0.15, -0.1) is 0 Å². The number of aliphatic hydroxyl groups is 1. The fraction of sp³-hybridized carbons (Fsp3) is 0.571. The van der Waals surface area contributed by atoms with E-state index < -0.39 is 16.1 Å². The third-order valence-corrected chi connectivity index (χ3v) is 4.64. The van der Waals surface area contributed by atoms with Crippen molar-refractivity contribution in [2.24, 2.45) is 0 Å². The highest BCUT2D eigenvalue weighted by Crippen LogP contribution is 2.16. The highest BCUT2D eigenvalue weighted by atomic mass is 32.2. The average molecular weight is 300 g/mol. The molecule has 0 fully saturated rings. The van der Waals surface area contributed by atoms with E-state index in [-0.39, 0.29) is 10.9 Å². The number of nitrogens with zero attached hydrogens (tertiary/aromatic N) is 1. The first-order valence-electron chi connectivity index (χ1n) is 6.67. The van der Waals surface area contributed by atoms with Crippen LogP contribution in [0.4, 0.5) is 0 Å². The summed E-state index contributed by atoms with van der Waals surface area (Å²) in [5.41, 5.74) is 0.699. The van der Waals surface area contributed by atoms with Gasteiger partial charge in [0.1, 0.15) is 0 Å². The predicted molar refractivity (Wildman–Crippen MR) is 80.0 cm³/mol. The molecule has 0 aliphatic carbocycles. The fourth-order valence-electron chi connectivity index (χ4n) is 1.77. The Hall–Kier alpha value is -0.950. The molecule has 2 N–H and O–H groups in total. The standard InChI is InChI=1S/C14H24N2O3S/c1-11(9-10-16(3)4)15-20(18,19)14-7-5-13(6-8-14)12(2)17/h5-8,11-12,15,17H,9-10H2,1-4H3. The molecular weight excluding hydrogens is 276 g/mol. The predicted octanol–water partition coefficient (Wildman–Crippen LogP) is 1.36. The maximum absolute atomic E-state index is 12.2. The molecule has 1 rings (SSSR count). The minimum atomic E-state index is -3.50. The van der Waals surface area contributed by atoms with Gasteiger partial charge in [0.15, 0.2) is 0 Å². The zero-order valence-electron chi connectivity index (χ0n) is 12.5. The largest absolute Gasteiger partial charge is 0.389 e. The second-order valence-electron chi connectivity index (χ2n) is 5.36. The monoisotopic (exact) mass is 300 g/mol. The number of nitrogens with one attached hydrogen (secondary N) is 1. The van der Waals surface area contributed by atoms with Gasteiger partial charge >= 0.3 is 0 Å². The van der Waals surface area contributed by atoms with E-state index in [9.17, 15) is 13.5 Å². The summed E-state index contributed by atoms with van der Waals surface area (Å²) in [7, 11) is 0.409. The summed E-state index contributed by atoms with van der Waals surface area (Å²) in [6, 6.07) is 6.17. The molecular formula is C14H24N2O3S. The quantitative estimate of drug-likeness (QED) is 0.798. The van der Waals surface area contributed by atoms with Gasteiger partial charge in [-0.2, -0.15) is 0 Å². The van der Waals surface area contributed by atoms with Gasteiger partial charge in [-0.1, -0.05) is 12.1 Å². The summed E-state index contributed by atoms with van der Waals surface area (Å²) in [5, 5.41) is 9.42. The van der Waals surface area contributed by atoms with Crippen LogP contribution >= 0.6 is 0 Å². The van der Waals surface area contributed by atoms with E-state index in [4.69, 9.17) is 0 Å². The van der Waals surface area contributed by atoms with Crippen LogP contribution in [0, 0.1) is 0 Å². The smallest absolute Gasteiger partial charge is 0.240 e. The topological polar surface area (TPSA) is 69.6 Å². The van der Waals surface area contributed by atoms with Crippen molar-refractivity contribution in [3.8, 4) is 0 Å². The number of benzene rings is 1. The van der Waals surface area contributed by atoms with Crippen LogP contribution in [0.25, 0.3) is 0 Å². The lowest BCUT2D eigenvalue weighted by Gasteiger charge is -2.17. The molecule has 0 radical (unpaired) electrons. The van der Waals surface area contributed by atoms with E-state index >= 15 is 0 Å². The maximum Gasteiger partial charge on any atom is 0.240 e. The van der Waals surface area contributed by atoms with Crippen molar-refractivity contribution in [3.63, 3.8) is 0 Å². The highest BCUT2D eigenvalue weighted by molar-refractivity contribution is 7.89. The van der Waals surface area contributed by atoms with Crippen molar-refractivity contribution in [1.82, 2.24) is 9.62 Å². The third kappa shape index (κ3) is 5.20. The Morgan fingerprint density at radius 1 is 1.20 bits per heavy atom. The maximum atomic E-state index is 12.2. The summed E-state index contributed by atoms with van der Waals surface area (Å²) in [4.78, 5) is 2.24. The van der Waals surface area contributed by atoms with Crippen LogP contribution in [0.15, 0.2) is 29.2 Å². The van der Waals surface area contributed by atoms with Gasteiger partial charge in [0.05, 0.1) is 11.0 Å². The van der Waals surface area contributed by atoms with Crippen molar-refractivity contribution in [2.45, 2.75) is 37.3 Å². The van der Waals surface area contributed by atoms with E-state index in [1.54, 1.807) is 19.1 Å². The molecule has 2 unspecified atom stereocenters. The lowest BCUT2D eigenvalue weighted by Crippen LogP contribution is -2.34. The molecule has 0 saturated heterocycles. The van der Waals surface area contributed by atoms with Crippen molar-refractivity contribution < 1.29 is 13.5 Å². The molecule has 0 aromatic heterocycles. The van der Waals surface area contributed by atoms with Gasteiger partial charge in [-0.05, 0) is 58.6 Å². The molecule has 6 heteroatoms. The zero-order valence-corrected chi connectivity index (χ0v) is 13.3. The number of aliphatic hydroxyl groups excluding tert-OH is 1. The molecule has 5 nitrogen and oxygen atoms in total. The number of hydrogen-bond acceptors (Lipinski definition) is 4. The van der Waals surface area contributed by atoms with Crippen LogP contribution in [-0.4, -0.2) is 45.1 Å². The van der Waals surface area contributed by atoms with Crippen LogP contribution in [0.1, 0.15) is 31.9 Å². The molecule has 114 valence electrons. The van der Waals surface area contributed by atoms with Gasteiger partial charge in [-0.3, -0.25) is 0 Å². The molecule has 0 aliphatic heterocycles. The van der Waals surface area contributed by atoms with E-state index in [2.05, 4.69) is 4.72 Å². The third-order valence-electron chi connectivity index (χ3n) is 3.04. The Morgan fingerprint density at radius 2 is 1.75 bits per heavy atom. The van der Waals surface area contributed by atoms with E-state index in [0.29, 0.717) is 5.56 Å². The molecule has 1 aromatic rings. The normalized spacial score (nSPS) is 15.3. The van der Waals surface area contributed by atoms with Crippen molar-refractivity contribution >= 4 is 10.0 Å². The van der Waals surface area contributed by atoms with E-state index in [1.807, 2.05) is 25.9 Å². The molecule has 0 heterocycles. The Labute approximate surface area is 121 Å². The molecule has 0 spiro atoms. The zero-order chi connectivity index (χ0) is 15.3. The molecule has 1 aromatic carbocycles. The molecule has 0 aliphatic rings. The van der Waals surface area contributed by atoms with Crippen LogP contribution in [0.2, 0.25) is 0 Å². The van der Waals surface area contributed by atoms with Gasteiger partial charge in [-0.25, -0.2) is 13.1 Å². The summed E-state index contributed by atoms with van der Waals surface area (Å²) in [6.45, 7) is 4.32. The first-order chi connectivity index (χ1) is 9.22. The Balaban J connectivity index is 2.73. The Kier molecular flexibility index (Phi) is 6.13. The molecule has 2 atom stereocenters. The van der Waals surface area contributed by atoms with E-state index in [0.717, 1.165) is 13.0 Å². The molecule has 0 saturated carbocycles. The Morgan fingerprint density at radius 3 is 2.20 bits per heavy atom. The highest BCUT2D eigenvalue weighted by Gasteiger charge is 2.17. The summed E-state index contributed by atoms with van der Waals surface area (Å²) in [5.74, 6) is 0. The first-order valence-corrected chi connectivity index (χ1v) is 8.16. The van der Waals surface area contributed by atoms with Crippen molar-refractivity contribution in [1.29, 1.82) is 0 Å². The minimum absolute atomic E-state index is 0.126. The summed E-state index contributed by atoms with van der Waals surface area (Å²) in [6.07, 6.45) is 0.150.